The van der Waals surface area contributed by atoms with Crippen molar-refractivity contribution in [3.63, 3.8) is 0 Å². The molecule has 2 fully saturated rings. The standard InChI is InChI=1S/C28H26FN3O3/c29-23-10-8-21(9-11-23)24-7-4-16-31(24)25(33)17-28(22-5-2-1-3-6-22)18-26(34)32(27(28)35)19-20-12-14-30-15-13-20/h1-3,5-6,8-15,24H,4,7,16-19H2/t24-,28+/m0/s1. The van der Waals surface area contributed by atoms with Gasteiger partial charge in [-0.3, -0.25) is 24.3 Å². The summed E-state index contributed by atoms with van der Waals surface area (Å²) < 4.78 is 13.5. The first-order valence-corrected chi connectivity index (χ1v) is 11.8. The van der Waals surface area contributed by atoms with Crippen LogP contribution in [0.5, 0.6) is 0 Å². The Morgan fingerprint density at radius 1 is 1.00 bits per heavy atom. The van der Waals surface area contributed by atoms with E-state index in [0.717, 1.165) is 24.0 Å². The van der Waals surface area contributed by atoms with Crippen molar-refractivity contribution in [1.29, 1.82) is 0 Å². The Morgan fingerprint density at radius 2 is 1.71 bits per heavy atom. The second-order valence-corrected chi connectivity index (χ2v) is 9.24. The van der Waals surface area contributed by atoms with Crippen LogP contribution in [0.25, 0.3) is 0 Å². The zero-order valence-corrected chi connectivity index (χ0v) is 19.3. The molecule has 0 radical (unpaired) electrons. The molecule has 0 spiro atoms. The fraction of sp³-hybridized carbons (Fsp3) is 0.286. The van der Waals surface area contributed by atoms with Crippen LogP contribution < -0.4 is 0 Å². The summed E-state index contributed by atoms with van der Waals surface area (Å²) in [6.45, 7) is 0.708. The molecule has 6 nitrogen and oxygen atoms in total. The number of carbonyl (C=O) groups is 3. The topological polar surface area (TPSA) is 70.6 Å². The van der Waals surface area contributed by atoms with Gasteiger partial charge in [-0.25, -0.2) is 4.39 Å². The van der Waals surface area contributed by atoms with E-state index < -0.39 is 5.41 Å². The summed E-state index contributed by atoms with van der Waals surface area (Å²) in [7, 11) is 0. The van der Waals surface area contributed by atoms with E-state index in [1.165, 1.54) is 17.0 Å². The Bertz CT molecular complexity index is 1230. The fourth-order valence-corrected chi connectivity index (χ4v) is 5.31. The summed E-state index contributed by atoms with van der Waals surface area (Å²) in [4.78, 5) is 47.7. The monoisotopic (exact) mass is 471 g/mol. The largest absolute Gasteiger partial charge is 0.336 e. The lowest BCUT2D eigenvalue weighted by molar-refractivity contribution is -0.143. The molecule has 7 heteroatoms. The molecule has 3 aromatic rings. The number of likely N-dealkylation sites (tertiary alicyclic amines) is 2. The number of amides is 3. The van der Waals surface area contributed by atoms with E-state index >= 15 is 0 Å². The van der Waals surface area contributed by atoms with Crippen molar-refractivity contribution in [1.82, 2.24) is 14.8 Å². The average molecular weight is 472 g/mol. The quantitative estimate of drug-likeness (QED) is 0.506. The molecule has 5 rings (SSSR count). The van der Waals surface area contributed by atoms with E-state index in [1.54, 1.807) is 41.6 Å². The number of nitrogens with zero attached hydrogens (tertiary/aromatic N) is 3. The molecule has 0 N–H and O–H groups in total. The first kappa shape index (κ1) is 22.9. The predicted octanol–water partition coefficient (Wildman–Crippen LogP) is 4.17. The minimum atomic E-state index is -1.25. The van der Waals surface area contributed by atoms with Crippen molar-refractivity contribution in [3.8, 4) is 0 Å². The van der Waals surface area contributed by atoms with Gasteiger partial charge in [0.05, 0.1) is 18.0 Å². The van der Waals surface area contributed by atoms with E-state index in [4.69, 9.17) is 0 Å². The van der Waals surface area contributed by atoms with Crippen LogP contribution in [0.15, 0.2) is 79.1 Å². The van der Waals surface area contributed by atoms with Crippen molar-refractivity contribution in [2.75, 3.05) is 6.54 Å². The van der Waals surface area contributed by atoms with E-state index in [-0.39, 0.29) is 49.0 Å². The number of hydrogen-bond acceptors (Lipinski definition) is 4. The maximum Gasteiger partial charge on any atom is 0.241 e. The van der Waals surface area contributed by atoms with Crippen LogP contribution in [0.4, 0.5) is 4.39 Å². The van der Waals surface area contributed by atoms with Gasteiger partial charge >= 0.3 is 0 Å². The first-order valence-electron chi connectivity index (χ1n) is 11.8. The predicted molar refractivity (Wildman–Crippen MR) is 127 cm³/mol. The third-order valence-corrected chi connectivity index (χ3v) is 7.11. The van der Waals surface area contributed by atoms with E-state index in [1.807, 2.05) is 30.3 Å². The highest BCUT2D eigenvalue weighted by atomic mass is 19.1. The Balaban J connectivity index is 1.45. The van der Waals surface area contributed by atoms with Gasteiger partial charge in [0.2, 0.25) is 17.7 Å². The highest BCUT2D eigenvalue weighted by Gasteiger charge is 2.54. The minimum absolute atomic E-state index is 0.0538. The summed E-state index contributed by atoms with van der Waals surface area (Å²) in [5.74, 6) is -1.14. The van der Waals surface area contributed by atoms with Crippen LogP contribution in [-0.4, -0.2) is 39.1 Å². The van der Waals surface area contributed by atoms with Crippen LogP contribution in [0.1, 0.15) is 48.4 Å². The van der Waals surface area contributed by atoms with E-state index in [2.05, 4.69) is 4.98 Å². The molecule has 0 aliphatic carbocycles. The second kappa shape index (κ2) is 9.41. The van der Waals surface area contributed by atoms with Gasteiger partial charge in [0.1, 0.15) is 5.82 Å². The van der Waals surface area contributed by atoms with E-state index in [0.29, 0.717) is 12.1 Å². The molecule has 178 valence electrons. The number of aromatic nitrogens is 1. The third-order valence-electron chi connectivity index (χ3n) is 7.11. The number of benzene rings is 2. The van der Waals surface area contributed by atoms with Crippen molar-refractivity contribution in [2.45, 2.75) is 43.7 Å². The molecule has 0 saturated carbocycles. The number of halogens is 1. The molecule has 0 unspecified atom stereocenters. The van der Waals surface area contributed by atoms with Crippen LogP contribution in [-0.2, 0) is 26.3 Å². The lowest BCUT2D eigenvalue weighted by Crippen LogP contribution is -2.43. The summed E-state index contributed by atoms with van der Waals surface area (Å²) >= 11 is 0. The molecule has 2 aromatic carbocycles. The summed E-state index contributed by atoms with van der Waals surface area (Å²) in [5.41, 5.74) is 1.09. The number of carbonyl (C=O) groups excluding carboxylic acids is 3. The molecule has 2 atom stereocenters. The van der Waals surface area contributed by atoms with Crippen molar-refractivity contribution in [2.24, 2.45) is 0 Å². The summed E-state index contributed by atoms with van der Waals surface area (Å²) in [6, 6.07) is 18.7. The highest BCUT2D eigenvalue weighted by molar-refractivity contribution is 6.10. The van der Waals surface area contributed by atoms with Gasteiger partial charge in [-0.15, -0.1) is 0 Å². The average Bonchev–Trinajstić information content (AvgIpc) is 3.46. The normalized spacial score (nSPS) is 22.1. The van der Waals surface area contributed by atoms with Crippen LogP contribution in [0.3, 0.4) is 0 Å². The summed E-state index contributed by atoms with van der Waals surface area (Å²) in [6.07, 6.45) is 4.70. The maximum absolute atomic E-state index is 13.9. The Labute approximate surface area is 203 Å². The SMILES string of the molecule is O=C1C[C@](CC(=O)N2CCC[C@H]2c2ccc(F)cc2)(c2ccccc2)C(=O)N1Cc1ccncc1. The highest BCUT2D eigenvalue weighted by Crippen LogP contribution is 2.42. The zero-order valence-electron chi connectivity index (χ0n) is 19.3. The van der Waals surface area contributed by atoms with Gasteiger partial charge in [0, 0.05) is 31.8 Å². The second-order valence-electron chi connectivity index (χ2n) is 9.24. The maximum atomic E-state index is 13.9. The van der Waals surface area contributed by atoms with Crippen molar-refractivity contribution >= 4 is 17.7 Å². The Hall–Kier alpha value is -3.87. The lowest BCUT2D eigenvalue weighted by atomic mass is 9.75. The van der Waals surface area contributed by atoms with Gasteiger partial charge in [0.25, 0.3) is 0 Å². The minimum Gasteiger partial charge on any atom is -0.336 e. The summed E-state index contributed by atoms with van der Waals surface area (Å²) in [5, 5.41) is 0. The molecule has 3 amide bonds. The molecule has 2 aliphatic rings. The Kier molecular flexibility index (Phi) is 6.16. The number of rotatable bonds is 6. The van der Waals surface area contributed by atoms with Gasteiger partial charge in [-0.2, -0.15) is 0 Å². The number of imide groups is 1. The third kappa shape index (κ3) is 4.34. The van der Waals surface area contributed by atoms with Crippen LogP contribution in [0.2, 0.25) is 0 Å². The molecule has 0 bridgehead atoms. The molecule has 3 heterocycles. The molecule has 2 saturated heterocycles. The van der Waals surface area contributed by atoms with Gasteiger partial charge in [0.15, 0.2) is 0 Å². The zero-order chi connectivity index (χ0) is 24.4. The van der Waals surface area contributed by atoms with Crippen LogP contribution >= 0.6 is 0 Å². The molecular formula is C28H26FN3O3. The van der Waals surface area contributed by atoms with Crippen molar-refractivity contribution < 1.29 is 18.8 Å². The smallest absolute Gasteiger partial charge is 0.241 e. The first-order chi connectivity index (χ1) is 17.0. The van der Waals surface area contributed by atoms with Gasteiger partial charge < -0.3 is 4.90 Å². The molecule has 35 heavy (non-hydrogen) atoms. The van der Waals surface area contributed by atoms with E-state index in [9.17, 15) is 18.8 Å². The Morgan fingerprint density at radius 3 is 2.43 bits per heavy atom. The van der Waals surface area contributed by atoms with Gasteiger partial charge in [-0.1, -0.05) is 42.5 Å². The van der Waals surface area contributed by atoms with Crippen molar-refractivity contribution in [3.05, 3.63) is 102 Å². The number of pyridine rings is 1. The number of hydrogen-bond donors (Lipinski definition) is 0. The molecular weight excluding hydrogens is 445 g/mol. The molecule has 2 aliphatic heterocycles. The lowest BCUT2D eigenvalue weighted by Gasteiger charge is -2.31. The fourth-order valence-electron chi connectivity index (χ4n) is 5.31. The molecule has 1 aromatic heterocycles. The van der Waals surface area contributed by atoms with Crippen LogP contribution in [0, 0.1) is 5.82 Å². The van der Waals surface area contributed by atoms with Gasteiger partial charge in [-0.05, 0) is 53.8 Å².